The molecule has 0 aliphatic carbocycles. The first-order valence-corrected chi connectivity index (χ1v) is 8.93. The van der Waals surface area contributed by atoms with Crippen molar-refractivity contribution in [2.75, 3.05) is 13.6 Å². The van der Waals surface area contributed by atoms with E-state index in [4.69, 9.17) is 4.99 Å². The molecule has 1 N–H and O–H groups in total. The van der Waals surface area contributed by atoms with E-state index in [1.807, 2.05) is 0 Å². The molecule has 0 aliphatic heterocycles. The Morgan fingerprint density at radius 1 is 1.46 bits per heavy atom. The van der Waals surface area contributed by atoms with E-state index in [9.17, 15) is 0 Å². The highest BCUT2D eigenvalue weighted by atomic mass is 127. The van der Waals surface area contributed by atoms with Crippen molar-refractivity contribution in [2.45, 2.75) is 39.8 Å². The third-order valence-electron chi connectivity index (χ3n) is 3.60. The summed E-state index contributed by atoms with van der Waals surface area (Å²) in [6, 6.07) is 4.20. The zero-order valence-electron chi connectivity index (χ0n) is 15.1. The maximum Gasteiger partial charge on any atom is 0.194 e. The van der Waals surface area contributed by atoms with Crippen molar-refractivity contribution in [1.82, 2.24) is 19.8 Å². The van der Waals surface area contributed by atoms with Gasteiger partial charge in [0.05, 0.1) is 23.8 Å². The zero-order valence-corrected chi connectivity index (χ0v) is 18.3. The van der Waals surface area contributed by atoms with Crippen molar-refractivity contribution in [2.24, 2.45) is 12.0 Å². The quantitative estimate of drug-likeness (QED) is 0.404. The molecule has 0 aromatic carbocycles. The topological polar surface area (TPSA) is 45.5 Å². The second-order valence-corrected chi connectivity index (χ2v) is 6.86. The fourth-order valence-electron chi connectivity index (χ4n) is 2.26. The van der Waals surface area contributed by atoms with E-state index in [-0.39, 0.29) is 24.0 Å². The number of hydrogen-bond donors (Lipinski definition) is 1. The number of aryl methyl sites for hydroxylation is 1. The van der Waals surface area contributed by atoms with Crippen LogP contribution in [0, 0.1) is 0 Å². The van der Waals surface area contributed by atoms with Gasteiger partial charge in [-0.3, -0.25) is 0 Å². The number of nitrogens with zero attached hydrogens (tertiary/aromatic N) is 4. The number of nitrogens with one attached hydrogen (secondary N) is 1. The molecule has 24 heavy (non-hydrogen) atoms. The molecule has 0 atom stereocenters. The van der Waals surface area contributed by atoms with Crippen molar-refractivity contribution in [1.29, 1.82) is 0 Å². The van der Waals surface area contributed by atoms with E-state index < -0.39 is 0 Å². The molecule has 2 aromatic rings. The summed E-state index contributed by atoms with van der Waals surface area (Å²) < 4.78 is 2.13. The number of aromatic nitrogens is 2. The number of aliphatic imine (C=N–C) groups is 1. The lowest BCUT2D eigenvalue weighted by Gasteiger charge is -2.22. The molecule has 0 spiro atoms. The van der Waals surface area contributed by atoms with E-state index in [1.165, 1.54) is 10.7 Å². The van der Waals surface area contributed by atoms with Crippen LogP contribution in [0.1, 0.15) is 43.1 Å². The summed E-state index contributed by atoms with van der Waals surface area (Å²) >= 11 is 1.72. The molecule has 0 radical (unpaired) electrons. The lowest BCUT2D eigenvalue weighted by Crippen LogP contribution is -2.38. The van der Waals surface area contributed by atoms with Crippen LogP contribution in [0.4, 0.5) is 0 Å². The number of hydrogen-bond acceptors (Lipinski definition) is 3. The SMILES string of the molecule is CCNC(=NCc1csc(C(C)C)n1)N(C)Cc1cccn1C.I. The highest BCUT2D eigenvalue weighted by molar-refractivity contribution is 14.0. The van der Waals surface area contributed by atoms with Crippen molar-refractivity contribution in [3.8, 4) is 0 Å². The van der Waals surface area contributed by atoms with Crippen LogP contribution in [0.2, 0.25) is 0 Å². The molecule has 134 valence electrons. The Bertz CT molecular complexity index is 647. The Hall–Kier alpha value is -1.09. The molecule has 0 saturated carbocycles. The van der Waals surface area contributed by atoms with Crippen LogP contribution in [-0.2, 0) is 20.1 Å². The Labute approximate surface area is 166 Å². The lowest BCUT2D eigenvalue weighted by atomic mass is 10.2. The summed E-state index contributed by atoms with van der Waals surface area (Å²) in [6.45, 7) is 8.72. The smallest absolute Gasteiger partial charge is 0.194 e. The summed E-state index contributed by atoms with van der Waals surface area (Å²) in [6.07, 6.45) is 2.07. The standard InChI is InChI=1S/C17H27N5S.HI/c1-6-18-17(22(5)11-15-8-7-9-21(15)4)19-10-14-12-23-16(20-14)13(2)3;/h7-9,12-13H,6,10-11H2,1-5H3,(H,18,19);1H. The highest BCUT2D eigenvalue weighted by Crippen LogP contribution is 2.19. The van der Waals surface area contributed by atoms with E-state index >= 15 is 0 Å². The summed E-state index contributed by atoms with van der Waals surface area (Å²) in [5, 5.41) is 6.65. The van der Waals surface area contributed by atoms with Crippen LogP contribution in [0.25, 0.3) is 0 Å². The average molecular weight is 461 g/mol. The molecule has 2 heterocycles. The second kappa shape index (κ2) is 10.0. The van der Waals surface area contributed by atoms with E-state index in [2.05, 4.69) is 78.3 Å². The molecule has 0 saturated heterocycles. The van der Waals surface area contributed by atoms with Crippen molar-refractivity contribution in [3.05, 3.63) is 40.1 Å². The predicted octanol–water partition coefficient (Wildman–Crippen LogP) is 3.82. The van der Waals surface area contributed by atoms with Crippen LogP contribution in [0.3, 0.4) is 0 Å². The van der Waals surface area contributed by atoms with E-state index in [0.717, 1.165) is 24.7 Å². The largest absolute Gasteiger partial charge is 0.357 e. The number of guanidine groups is 1. The molecule has 2 rings (SSSR count). The molecular formula is C17H28IN5S. The molecular weight excluding hydrogens is 433 g/mol. The van der Waals surface area contributed by atoms with Crippen LogP contribution in [0.15, 0.2) is 28.7 Å². The van der Waals surface area contributed by atoms with Gasteiger partial charge in [0, 0.05) is 43.8 Å². The molecule has 0 aliphatic rings. The predicted molar refractivity (Wildman–Crippen MR) is 113 cm³/mol. The number of halogens is 1. The van der Waals surface area contributed by atoms with Gasteiger partial charge in [-0.1, -0.05) is 13.8 Å². The Morgan fingerprint density at radius 2 is 2.21 bits per heavy atom. The molecule has 2 aromatic heterocycles. The van der Waals surface area contributed by atoms with Gasteiger partial charge >= 0.3 is 0 Å². The van der Waals surface area contributed by atoms with Gasteiger partial charge in [0.15, 0.2) is 5.96 Å². The maximum atomic E-state index is 4.73. The third kappa shape index (κ3) is 5.77. The molecule has 0 fully saturated rings. The van der Waals surface area contributed by atoms with Gasteiger partial charge in [-0.25, -0.2) is 9.98 Å². The minimum absolute atomic E-state index is 0. The van der Waals surface area contributed by atoms with Crippen LogP contribution in [-0.4, -0.2) is 34.0 Å². The monoisotopic (exact) mass is 461 g/mol. The fraction of sp³-hybridized carbons (Fsp3) is 0.529. The summed E-state index contributed by atoms with van der Waals surface area (Å²) in [4.78, 5) is 11.5. The van der Waals surface area contributed by atoms with Gasteiger partial charge in [-0.2, -0.15) is 0 Å². The van der Waals surface area contributed by atoms with Gasteiger partial charge in [-0.15, -0.1) is 35.3 Å². The first-order chi connectivity index (χ1) is 11.0. The second-order valence-electron chi connectivity index (χ2n) is 5.97. The summed E-state index contributed by atoms with van der Waals surface area (Å²) in [7, 11) is 4.13. The molecule has 0 amide bonds. The van der Waals surface area contributed by atoms with E-state index in [0.29, 0.717) is 12.5 Å². The normalized spacial score (nSPS) is 11.5. The third-order valence-corrected chi connectivity index (χ3v) is 4.80. The number of rotatable bonds is 6. The maximum absolute atomic E-state index is 4.73. The van der Waals surface area contributed by atoms with Crippen molar-refractivity contribution < 1.29 is 0 Å². The molecule has 0 bridgehead atoms. The Kier molecular flexibility index (Phi) is 8.75. The van der Waals surface area contributed by atoms with Gasteiger partial charge in [0.25, 0.3) is 0 Å². The fourth-order valence-corrected chi connectivity index (χ4v) is 3.09. The molecule has 0 unspecified atom stereocenters. The minimum atomic E-state index is 0. The Balaban J connectivity index is 0.00000288. The zero-order chi connectivity index (χ0) is 16.8. The van der Waals surface area contributed by atoms with Gasteiger partial charge in [0.1, 0.15) is 0 Å². The van der Waals surface area contributed by atoms with Crippen LogP contribution in [0.5, 0.6) is 0 Å². The molecule has 5 nitrogen and oxygen atoms in total. The van der Waals surface area contributed by atoms with E-state index in [1.54, 1.807) is 11.3 Å². The summed E-state index contributed by atoms with van der Waals surface area (Å²) in [5.41, 5.74) is 2.30. The lowest BCUT2D eigenvalue weighted by molar-refractivity contribution is 0.461. The molecule has 7 heteroatoms. The van der Waals surface area contributed by atoms with Crippen molar-refractivity contribution in [3.63, 3.8) is 0 Å². The van der Waals surface area contributed by atoms with Crippen LogP contribution < -0.4 is 5.32 Å². The first-order valence-electron chi connectivity index (χ1n) is 8.05. The van der Waals surface area contributed by atoms with Crippen molar-refractivity contribution >= 4 is 41.3 Å². The minimum Gasteiger partial charge on any atom is -0.357 e. The van der Waals surface area contributed by atoms with Gasteiger partial charge in [0.2, 0.25) is 0 Å². The average Bonchev–Trinajstić information content (AvgIpc) is 3.13. The Morgan fingerprint density at radius 3 is 2.75 bits per heavy atom. The number of thiazole rings is 1. The summed E-state index contributed by atoms with van der Waals surface area (Å²) in [5.74, 6) is 1.39. The van der Waals surface area contributed by atoms with Crippen LogP contribution >= 0.6 is 35.3 Å². The highest BCUT2D eigenvalue weighted by Gasteiger charge is 2.09. The first kappa shape index (κ1) is 21.0. The van der Waals surface area contributed by atoms with Gasteiger partial charge < -0.3 is 14.8 Å². The van der Waals surface area contributed by atoms with Gasteiger partial charge in [-0.05, 0) is 19.1 Å².